The fraction of sp³-hybridized carbons (Fsp3) is 0.938. The predicted octanol–water partition coefficient (Wildman–Crippen LogP) is 2.09. The molecule has 0 bridgehead atoms. The molecule has 21 heavy (non-hydrogen) atoms. The third-order valence-electron chi connectivity index (χ3n) is 3.45. The summed E-state index contributed by atoms with van der Waals surface area (Å²) in [6.45, 7) is 14.5. The van der Waals surface area contributed by atoms with Gasteiger partial charge in [0.2, 0.25) is 0 Å². The lowest BCUT2D eigenvalue weighted by molar-refractivity contribution is 0.129. The van der Waals surface area contributed by atoms with E-state index >= 15 is 0 Å². The van der Waals surface area contributed by atoms with Crippen LogP contribution in [0.2, 0.25) is 0 Å². The molecule has 0 rings (SSSR count). The van der Waals surface area contributed by atoms with Gasteiger partial charge in [0.05, 0.1) is 0 Å². The van der Waals surface area contributed by atoms with Gasteiger partial charge in [-0.15, -0.1) is 0 Å². The van der Waals surface area contributed by atoms with Gasteiger partial charge in [0.25, 0.3) is 0 Å². The van der Waals surface area contributed by atoms with Gasteiger partial charge in [-0.1, -0.05) is 20.3 Å². The Hall–Kier alpha value is -0.810. The van der Waals surface area contributed by atoms with Crippen LogP contribution in [0.4, 0.5) is 0 Å². The Morgan fingerprint density at radius 2 is 1.76 bits per heavy atom. The number of likely N-dealkylation sites (N-methyl/N-ethyl adjacent to an activating group) is 1. The Labute approximate surface area is 131 Å². The molecule has 0 saturated heterocycles. The van der Waals surface area contributed by atoms with Gasteiger partial charge < -0.3 is 15.4 Å². The molecule has 5 nitrogen and oxygen atoms in total. The minimum atomic E-state index is 0.590. The Kier molecular flexibility index (Phi) is 13.6. The quantitative estimate of drug-likeness (QED) is 0.329. The molecule has 0 aromatic carbocycles. The molecule has 0 radical (unpaired) electrons. The number of hydrogen-bond acceptors (Lipinski definition) is 3. The lowest BCUT2D eigenvalue weighted by atomic mass is 10.3. The zero-order valence-electron chi connectivity index (χ0n) is 14.7. The standard InChI is InChI=1S/C16H36N4O/c1-6-8-13-21-14-9-10-18-16(17-5)19-11-12-20(7-2)15(3)4/h15H,6-14H2,1-5H3,(H2,17,18,19). The van der Waals surface area contributed by atoms with Gasteiger partial charge >= 0.3 is 0 Å². The number of guanidine groups is 1. The first-order valence-electron chi connectivity index (χ1n) is 8.41. The molecule has 0 atom stereocenters. The van der Waals surface area contributed by atoms with Gasteiger partial charge in [0.1, 0.15) is 0 Å². The maximum absolute atomic E-state index is 5.54. The van der Waals surface area contributed by atoms with Gasteiger partial charge in [-0.25, -0.2) is 0 Å². The summed E-state index contributed by atoms with van der Waals surface area (Å²) in [6, 6.07) is 0.590. The van der Waals surface area contributed by atoms with Crippen molar-refractivity contribution in [1.29, 1.82) is 0 Å². The second-order valence-electron chi connectivity index (χ2n) is 5.47. The third-order valence-corrected chi connectivity index (χ3v) is 3.45. The van der Waals surface area contributed by atoms with Crippen molar-refractivity contribution >= 4 is 5.96 Å². The van der Waals surface area contributed by atoms with Crippen LogP contribution in [0, 0.1) is 0 Å². The van der Waals surface area contributed by atoms with Crippen LogP contribution in [0.15, 0.2) is 4.99 Å². The van der Waals surface area contributed by atoms with E-state index in [-0.39, 0.29) is 0 Å². The Bertz CT molecular complexity index is 257. The molecule has 0 aliphatic carbocycles. The van der Waals surface area contributed by atoms with E-state index in [9.17, 15) is 0 Å². The van der Waals surface area contributed by atoms with E-state index in [1.54, 1.807) is 0 Å². The SMILES string of the molecule is CCCCOCCCNC(=NC)NCCN(CC)C(C)C. The van der Waals surface area contributed by atoms with Crippen LogP contribution in [0.5, 0.6) is 0 Å². The molecule has 126 valence electrons. The van der Waals surface area contributed by atoms with E-state index in [1.165, 1.54) is 6.42 Å². The van der Waals surface area contributed by atoms with Crippen molar-refractivity contribution in [1.82, 2.24) is 15.5 Å². The van der Waals surface area contributed by atoms with E-state index in [1.807, 2.05) is 7.05 Å². The maximum Gasteiger partial charge on any atom is 0.191 e. The highest BCUT2D eigenvalue weighted by Crippen LogP contribution is 1.95. The maximum atomic E-state index is 5.54. The summed E-state index contributed by atoms with van der Waals surface area (Å²) in [4.78, 5) is 6.67. The number of aliphatic imine (C=N–C) groups is 1. The molecule has 0 aromatic heterocycles. The van der Waals surface area contributed by atoms with E-state index < -0.39 is 0 Å². The molecule has 0 aliphatic rings. The van der Waals surface area contributed by atoms with Crippen LogP contribution in [0.25, 0.3) is 0 Å². The van der Waals surface area contributed by atoms with Gasteiger partial charge in [-0.2, -0.15) is 0 Å². The Morgan fingerprint density at radius 1 is 1.10 bits per heavy atom. The second kappa shape index (κ2) is 14.1. The van der Waals surface area contributed by atoms with Crippen LogP contribution in [-0.4, -0.2) is 63.3 Å². The zero-order chi connectivity index (χ0) is 15.9. The number of nitrogens with one attached hydrogen (secondary N) is 2. The van der Waals surface area contributed by atoms with E-state index in [0.717, 1.165) is 58.2 Å². The molecule has 2 N–H and O–H groups in total. The molecule has 5 heteroatoms. The fourth-order valence-corrected chi connectivity index (χ4v) is 2.05. The average molecular weight is 300 g/mol. The van der Waals surface area contributed by atoms with Gasteiger partial charge in [0.15, 0.2) is 5.96 Å². The van der Waals surface area contributed by atoms with E-state index in [4.69, 9.17) is 4.74 Å². The predicted molar refractivity (Wildman–Crippen MR) is 92.1 cm³/mol. The van der Waals surface area contributed by atoms with Crippen LogP contribution in [0.3, 0.4) is 0 Å². The second-order valence-corrected chi connectivity index (χ2v) is 5.47. The summed E-state index contributed by atoms with van der Waals surface area (Å²) in [5.74, 6) is 0.878. The summed E-state index contributed by atoms with van der Waals surface area (Å²) in [7, 11) is 1.81. The van der Waals surface area contributed by atoms with E-state index in [2.05, 4.69) is 48.2 Å². The Balaban J connectivity index is 3.63. The highest BCUT2D eigenvalue weighted by atomic mass is 16.5. The normalized spacial score (nSPS) is 12.2. The number of hydrogen-bond donors (Lipinski definition) is 2. The van der Waals surface area contributed by atoms with Crippen molar-refractivity contribution in [2.24, 2.45) is 4.99 Å². The molecule has 0 fully saturated rings. The molecule has 0 spiro atoms. The molecule has 0 unspecified atom stereocenters. The molecule has 0 aromatic rings. The highest BCUT2D eigenvalue weighted by molar-refractivity contribution is 5.79. The Morgan fingerprint density at radius 3 is 2.33 bits per heavy atom. The highest BCUT2D eigenvalue weighted by Gasteiger charge is 2.06. The molecule has 0 amide bonds. The van der Waals surface area contributed by atoms with E-state index in [0.29, 0.717) is 6.04 Å². The van der Waals surface area contributed by atoms with Crippen LogP contribution < -0.4 is 10.6 Å². The first-order valence-corrected chi connectivity index (χ1v) is 8.41. The average Bonchev–Trinajstić information content (AvgIpc) is 2.48. The summed E-state index contributed by atoms with van der Waals surface area (Å²) in [5, 5.41) is 6.68. The lowest BCUT2D eigenvalue weighted by Gasteiger charge is -2.25. The van der Waals surface area contributed by atoms with Crippen LogP contribution >= 0.6 is 0 Å². The summed E-state index contributed by atoms with van der Waals surface area (Å²) in [6.07, 6.45) is 3.36. The smallest absolute Gasteiger partial charge is 0.191 e. The topological polar surface area (TPSA) is 48.9 Å². The van der Waals surface area contributed by atoms with Crippen molar-refractivity contribution in [3.63, 3.8) is 0 Å². The minimum absolute atomic E-state index is 0.590. The van der Waals surface area contributed by atoms with Crippen molar-refractivity contribution in [3.8, 4) is 0 Å². The lowest BCUT2D eigenvalue weighted by Crippen LogP contribution is -2.43. The summed E-state index contributed by atoms with van der Waals surface area (Å²) < 4.78 is 5.54. The fourth-order valence-electron chi connectivity index (χ4n) is 2.05. The minimum Gasteiger partial charge on any atom is -0.381 e. The molecular weight excluding hydrogens is 264 g/mol. The van der Waals surface area contributed by atoms with Crippen LogP contribution in [0.1, 0.15) is 47.0 Å². The van der Waals surface area contributed by atoms with Crippen molar-refractivity contribution < 1.29 is 4.74 Å². The van der Waals surface area contributed by atoms with Crippen LogP contribution in [-0.2, 0) is 4.74 Å². The number of ether oxygens (including phenoxy) is 1. The summed E-state index contributed by atoms with van der Waals surface area (Å²) >= 11 is 0. The number of unbranched alkanes of at least 4 members (excludes halogenated alkanes) is 1. The van der Waals surface area contributed by atoms with Gasteiger partial charge in [-0.3, -0.25) is 9.89 Å². The number of rotatable bonds is 12. The molecule has 0 saturated carbocycles. The largest absolute Gasteiger partial charge is 0.381 e. The van der Waals surface area contributed by atoms with Gasteiger partial charge in [-0.05, 0) is 33.2 Å². The van der Waals surface area contributed by atoms with Gasteiger partial charge in [0, 0.05) is 45.9 Å². The zero-order valence-corrected chi connectivity index (χ0v) is 14.7. The van der Waals surface area contributed by atoms with Crippen molar-refractivity contribution in [2.75, 3.05) is 46.4 Å². The third kappa shape index (κ3) is 11.5. The first kappa shape index (κ1) is 20.2. The summed E-state index contributed by atoms with van der Waals surface area (Å²) in [5.41, 5.74) is 0. The molecular formula is C16H36N4O. The molecule has 0 aliphatic heterocycles. The van der Waals surface area contributed by atoms with Crippen molar-refractivity contribution in [3.05, 3.63) is 0 Å². The molecule has 0 heterocycles. The number of nitrogens with zero attached hydrogens (tertiary/aromatic N) is 2. The first-order chi connectivity index (χ1) is 10.2. The monoisotopic (exact) mass is 300 g/mol. The van der Waals surface area contributed by atoms with Crippen molar-refractivity contribution in [2.45, 2.75) is 53.0 Å².